The number of aromatic nitrogens is 2. The lowest BCUT2D eigenvalue weighted by Crippen LogP contribution is -2.42. The Kier molecular flexibility index (Phi) is 4.37. The molecule has 1 unspecified atom stereocenters. The highest BCUT2D eigenvalue weighted by Crippen LogP contribution is 2.51. The number of fused-ring (bicyclic) bond motifs is 1. The fraction of sp³-hybridized carbons (Fsp3) is 0.526. The molecule has 140 valence electrons. The van der Waals surface area contributed by atoms with Gasteiger partial charge in [-0.3, -0.25) is 14.6 Å². The third-order valence-corrected chi connectivity index (χ3v) is 5.31. The summed E-state index contributed by atoms with van der Waals surface area (Å²) in [7, 11) is 0. The summed E-state index contributed by atoms with van der Waals surface area (Å²) in [6.45, 7) is 5.51. The molecule has 0 bridgehead atoms. The van der Waals surface area contributed by atoms with Gasteiger partial charge in [0.1, 0.15) is 5.69 Å². The van der Waals surface area contributed by atoms with Gasteiger partial charge in [-0.1, -0.05) is 20.8 Å². The third kappa shape index (κ3) is 3.22. The van der Waals surface area contributed by atoms with E-state index in [4.69, 9.17) is 5.73 Å². The number of rotatable bonds is 2. The van der Waals surface area contributed by atoms with Crippen molar-refractivity contribution in [3.8, 4) is 0 Å². The number of carbonyl (C=O) groups is 1. The van der Waals surface area contributed by atoms with Crippen molar-refractivity contribution in [3.05, 3.63) is 39.9 Å². The van der Waals surface area contributed by atoms with Gasteiger partial charge >= 0.3 is 0 Å². The molecule has 7 heteroatoms. The van der Waals surface area contributed by atoms with E-state index < -0.39 is 34.5 Å². The Hall–Kier alpha value is -2.31. The van der Waals surface area contributed by atoms with Gasteiger partial charge in [-0.05, 0) is 24.3 Å². The number of halogens is 2. The van der Waals surface area contributed by atoms with E-state index in [0.717, 1.165) is 0 Å². The third-order valence-electron chi connectivity index (χ3n) is 5.31. The summed E-state index contributed by atoms with van der Waals surface area (Å²) in [6.07, 6.45) is 2.04. The molecule has 1 fully saturated rings. The zero-order valence-corrected chi connectivity index (χ0v) is 15.1. The second kappa shape index (κ2) is 6.14. The van der Waals surface area contributed by atoms with E-state index in [1.54, 1.807) is 6.07 Å². The number of carbonyl (C=O) groups excluding carboxylic acids is 1. The lowest BCUT2D eigenvalue weighted by molar-refractivity contribution is -0.128. The molecule has 2 heterocycles. The van der Waals surface area contributed by atoms with Crippen LogP contribution in [0.3, 0.4) is 0 Å². The largest absolute Gasteiger partial charge is 0.364 e. The predicted molar refractivity (Wildman–Crippen MR) is 95.4 cm³/mol. The van der Waals surface area contributed by atoms with Crippen molar-refractivity contribution in [1.82, 2.24) is 9.97 Å². The molecule has 2 atom stereocenters. The van der Waals surface area contributed by atoms with Crippen molar-refractivity contribution in [2.75, 3.05) is 0 Å². The number of H-pyrrole nitrogens is 1. The van der Waals surface area contributed by atoms with Crippen LogP contribution >= 0.6 is 0 Å². The first-order chi connectivity index (χ1) is 12.0. The van der Waals surface area contributed by atoms with E-state index in [1.165, 1.54) is 12.3 Å². The lowest BCUT2D eigenvalue weighted by atomic mass is 9.67. The number of nitrogens with two attached hydrogens (primary N) is 1. The van der Waals surface area contributed by atoms with Crippen LogP contribution in [0.5, 0.6) is 0 Å². The molecule has 1 saturated carbocycles. The first-order valence-electron chi connectivity index (χ1n) is 8.70. The predicted octanol–water partition coefficient (Wildman–Crippen LogP) is 3.59. The van der Waals surface area contributed by atoms with Gasteiger partial charge in [-0.25, -0.2) is 8.78 Å². The number of pyridine rings is 2. The van der Waals surface area contributed by atoms with Crippen molar-refractivity contribution in [1.29, 1.82) is 0 Å². The minimum absolute atomic E-state index is 0.0962. The second-order valence-corrected chi connectivity index (χ2v) is 8.19. The summed E-state index contributed by atoms with van der Waals surface area (Å²) in [4.78, 5) is 30.9. The SMILES string of the molecule is CC(C)(C)C1CC[C@H](c2cc(=O)c3c(C(N)=O)nccc3[nH]2)CC1(F)F. The summed E-state index contributed by atoms with van der Waals surface area (Å²) in [5.41, 5.74) is 5.10. The molecule has 2 aromatic heterocycles. The average Bonchev–Trinajstić information content (AvgIpc) is 2.51. The van der Waals surface area contributed by atoms with Gasteiger partial charge in [0.2, 0.25) is 0 Å². The van der Waals surface area contributed by atoms with Crippen LogP contribution in [0.1, 0.15) is 62.1 Å². The normalized spacial score (nSPS) is 23.1. The fourth-order valence-electron chi connectivity index (χ4n) is 4.11. The lowest BCUT2D eigenvalue weighted by Gasteiger charge is -2.42. The molecule has 3 rings (SSSR count). The van der Waals surface area contributed by atoms with Crippen molar-refractivity contribution in [2.24, 2.45) is 17.1 Å². The summed E-state index contributed by atoms with van der Waals surface area (Å²) < 4.78 is 29.4. The maximum absolute atomic E-state index is 14.7. The average molecular weight is 363 g/mol. The first-order valence-corrected chi connectivity index (χ1v) is 8.70. The van der Waals surface area contributed by atoms with Crippen molar-refractivity contribution >= 4 is 16.8 Å². The first kappa shape index (κ1) is 18.5. The smallest absolute Gasteiger partial charge is 0.268 e. The van der Waals surface area contributed by atoms with Crippen LogP contribution in [0.4, 0.5) is 8.78 Å². The van der Waals surface area contributed by atoms with E-state index in [0.29, 0.717) is 24.1 Å². The summed E-state index contributed by atoms with van der Waals surface area (Å²) in [5.74, 6) is -4.73. The molecule has 2 aromatic rings. The second-order valence-electron chi connectivity index (χ2n) is 8.19. The number of alkyl halides is 2. The number of amides is 1. The van der Waals surface area contributed by atoms with Crippen LogP contribution in [0.2, 0.25) is 0 Å². The van der Waals surface area contributed by atoms with Crippen molar-refractivity contribution in [3.63, 3.8) is 0 Å². The van der Waals surface area contributed by atoms with Crippen LogP contribution in [0.25, 0.3) is 10.9 Å². The van der Waals surface area contributed by atoms with Gasteiger partial charge in [0.05, 0.1) is 10.9 Å². The Morgan fingerprint density at radius 2 is 2.04 bits per heavy atom. The number of primary amides is 1. The van der Waals surface area contributed by atoms with Gasteiger partial charge in [-0.15, -0.1) is 0 Å². The molecule has 0 aliphatic heterocycles. The van der Waals surface area contributed by atoms with Crippen molar-refractivity contribution in [2.45, 2.75) is 51.9 Å². The number of aromatic amines is 1. The van der Waals surface area contributed by atoms with Crippen molar-refractivity contribution < 1.29 is 13.6 Å². The Labute approximate surface area is 150 Å². The van der Waals surface area contributed by atoms with Crippen LogP contribution in [-0.4, -0.2) is 21.8 Å². The standard InChI is InChI=1S/C19H23F2N3O2/c1-18(2,3)14-5-4-10(9-19(14,20)21)12-8-13(25)15-11(24-12)6-7-23-16(15)17(22)26/h6-8,10,14H,4-5,9H2,1-3H3,(H2,22,26)(H,24,25)/t10-,14?/m0/s1. The molecule has 5 nitrogen and oxygen atoms in total. The highest BCUT2D eigenvalue weighted by atomic mass is 19.3. The van der Waals surface area contributed by atoms with E-state index in [9.17, 15) is 18.4 Å². The number of hydrogen-bond acceptors (Lipinski definition) is 3. The zero-order chi connectivity index (χ0) is 19.3. The topological polar surface area (TPSA) is 88.8 Å². The zero-order valence-electron chi connectivity index (χ0n) is 15.1. The van der Waals surface area contributed by atoms with Gasteiger partial charge in [-0.2, -0.15) is 0 Å². The Morgan fingerprint density at radius 1 is 1.35 bits per heavy atom. The molecule has 0 aromatic carbocycles. The van der Waals surface area contributed by atoms with Crippen LogP contribution in [-0.2, 0) is 0 Å². The van der Waals surface area contributed by atoms with Gasteiger partial charge in [0, 0.05) is 36.2 Å². The molecule has 1 aliphatic carbocycles. The number of nitrogens with zero attached hydrogens (tertiary/aromatic N) is 1. The molecule has 1 aliphatic rings. The van der Waals surface area contributed by atoms with Crippen LogP contribution in [0, 0.1) is 11.3 Å². The molecule has 0 saturated heterocycles. The van der Waals surface area contributed by atoms with Crippen LogP contribution in [0.15, 0.2) is 23.1 Å². The quantitative estimate of drug-likeness (QED) is 0.854. The molecular formula is C19H23F2N3O2. The van der Waals surface area contributed by atoms with E-state index >= 15 is 0 Å². The fourth-order valence-corrected chi connectivity index (χ4v) is 4.11. The highest BCUT2D eigenvalue weighted by Gasteiger charge is 2.50. The van der Waals surface area contributed by atoms with E-state index in [1.807, 2.05) is 20.8 Å². The van der Waals surface area contributed by atoms with Gasteiger partial charge in [0.15, 0.2) is 5.43 Å². The minimum atomic E-state index is -2.80. The summed E-state index contributed by atoms with van der Waals surface area (Å²) in [6, 6.07) is 2.85. The summed E-state index contributed by atoms with van der Waals surface area (Å²) >= 11 is 0. The number of nitrogens with one attached hydrogen (secondary N) is 1. The maximum atomic E-state index is 14.7. The molecule has 0 radical (unpaired) electrons. The van der Waals surface area contributed by atoms with E-state index in [2.05, 4.69) is 9.97 Å². The molecule has 0 spiro atoms. The number of hydrogen-bond donors (Lipinski definition) is 2. The van der Waals surface area contributed by atoms with Gasteiger partial charge < -0.3 is 10.7 Å². The monoisotopic (exact) mass is 363 g/mol. The summed E-state index contributed by atoms with van der Waals surface area (Å²) in [5, 5.41) is 0.0962. The van der Waals surface area contributed by atoms with Gasteiger partial charge in [0.25, 0.3) is 11.8 Å². The Morgan fingerprint density at radius 3 is 2.62 bits per heavy atom. The maximum Gasteiger partial charge on any atom is 0.268 e. The van der Waals surface area contributed by atoms with E-state index in [-0.39, 0.29) is 17.5 Å². The molecule has 26 heavy (non-hydrogen) atoms. The van der Waals surface area contributed by atoms with Crippen LogP contribution < -0.4 is 11.2 Å². The highest BCUT2D eigenvalue weighted by molar-refractivity contribution is 6.03. The minimum Gasteiger partial charge on any atom is -0.364 e. The molecule has 1 amide bonds. The molecular weight excluding hydrogens is 340 g/mol. The Balaban J connectivity index is 2.00. The molecule has 3 N–H and O–H groups in total. The Bertz CT molecular complexity index is 915.